The van der Waals surface area contributed by atoms with Crippen molar-refractivity contribution in [2.45, 2.75) is 4.90 Å². The first-order chi connectivity index (χ1) is 5.96. The van der Waals surface area contributed by atoms with E-state index in [0.717, 1.165) is 6.26 Å². The maximum atomic E-state index is 11.1. The topological polar surface area (TPSA) is 71.4 Å². The molecular formula is C8H8O4S. The summed E-state index contributed by atoms with van der Waals surface area (Å²) in [5, 5.41) is 9.22. The molecule has 0 bridgehead atoms. The summed E-state index contributed by atoms with van der Waals surface area (Å²) in [6, 6.07) is 3.97. The lowest BCUT2D eigenvalue weighted by Crippen LogP contribution is -2.01. The monoisotopic (exact) mass is 200 g/mol. The van der Waals surface area contributed by atoms with Gasteiger partial charge in [0.15, 0.2) is 16.1 Å². The molecule has 0 aliphatic rings. The fourth-order valence-corrected chi connectivity index (χ4v) is 2.03. The molecule has 4 nitrogen and oxygen atoms in total. The number of sulfone groups is 1. The van der Waals surface area contributed by atoms with Crippen LogP contribution in [0.3, 0.4) is 0 Å². The highest BCUT2D eigenvalue weighted by Crippen LogP contribution is 2.24. The molecular weight excluding hydrogens is 192 g/mol. The van der Waals surface area contributed by atoms with E-state index >= 15 is 0 Å². The van der Waals surface area contributed by atoms with E-state index < -0.39 is 15.6 Å². The van der Waals surface area contributed by atoms with E-state index in [-0.39, 0.29) is 10.5 Å². The van der Waals surface area contributed by atoms with Crippen LogP contribution in [0.4, 0.5) is 0 Å². The molecule has 0 amide bonds. The lowest BCUT2D eigenvalue weighted by Gasteiger charge is -2.03. The summed E-state index contributed by atoms with van der Waals surface area (Å²) in [7, 11) is -3.56. The fourth-order valence-electron chi connectivity index (χ4n) is 1.04. The Kier molecular flexibility index (Phi) is 2.38. The minimum atomic E-state index is -3.56. The number of phenolic OH excluding ortho intramolecular Hbond substituents is 1. The molecule has 0 radical (unpaired) electrons. The van der Waals surface area contributed by atoms with Gasteiger partial charge in [-0.05, 0) is 6.07 Å². The summed E-state index contributed by atoms with van der Waals surface area (Å²) in [6.45, 7) is 0. The molecule has 13 heavy (non-hydrogen) atoms. The summed E-state index contributed by atoms with van der Waals surface area (Å²) >= 11 is 0. The zero-order valence-corrected chi connectivity index (χ0v) is 7.71. The Bertz CT molecular complexity index is 433. The third-order valence-electron chi connectivity index (χ3n) is 1.52. The van der Waals surface area contributed by atoms with Gasteiger partial charge in [0, 0.05) is 11.8 Å². The third-order valence-corrected chi connectivity index (χ3v) is 2.71. The van der Waals surface area contributed by atoms with E-state index in [4.69, 9.17) is 0 Å². The van der Waals surface area contributed by atoms with E-state index in [1.54, 1.807) is 0 Å². The molecule has 1 aromatic rings. The van der Waals surface area contributed by atoms with Crippen LogP contribution in [-0.4, -0.2) is 26.1 Å². The van der Waals surface area contributed by atoms with Gasteiger partial charge in [-0.25, -0.2) is 8.42 Å². The molecule has 0 saturated heterocycles. The van der Waals surface area contributed by atoms with Gasteiger partial charge in [0.2, 0.25) is 0 Å². The predicted molar refractivity (Wildman–Crippen MR) is 46.6 cm³/mol. The van der Waals surface area contributed by atoms with Crippen LogP contribution in [0.25, 0.3) is 0 Å². The maximum absolute atomic E-state index is 11.1. The zero-order valence-electron chi connectivity index (χ0n) is 6.89. The zero-order chi connectivity index (χ0) is 10.1. The Morgan fingerprint density at radius 3 is 2.38 bits per heavy atom. The standard InChI is InChI=1S/C8H8O4S/c1-13(11,12)8-6(5-9)3-2-4-7(8)10/h2-5,10H,1H3. The SMILES string of the molecule is CS(=O)(=O)c1c(O)cccc1C=O. The van der Waals surface area contributed by atoms with Gasteiger partial charge in [-0.1, -0.05) is 12.1 Å². The van der Waals surface area contributed by atoms with E-state index in [0.29, 0.717) is 6.29 Å². The van der Waals surface area contributed by atoms with Crippen LogP contribution in [0.15, 0.2) is 23.1 Å². The molecule has 0 spiro atoms. The number of phenols is 1. The molecule has 0 atom stereocenters. The van der Waals surface area contributed by atoms with Crippen LogP contribution in [-0.2, 0) is 9.84 Å². The van der Waals surface area contributed by atoms with E-state index in [2.05, 4.69) is 0 Å². The Hall–Kier alpha value is -1.36. The van der Waals surface area contributed by atoms with Crippen molar-refractivity contribution >= 4 is 16.1 Å². The van der Waals surface area contributed by atoms with Crippen molar-refractivity contribution in [1.82, 2.24) is 0 Å². The van der Waals surface area contributed by atoms with E-state index in [1.165, 1.54) is 18.2 Å². The van der Waals surface area contributed by atoms with Gasteiger partial charge in [-0.2, -0.15) is 0 Å². The summed E-state index contributed by atoms with van der Waals surface area (Å²) < 4.78 is 22.2. The Balaban J connectivity index is 3.59. The Morgan fingerprint density at radius 2 is 2.00 bits per heavy atom. The fraction of sp³-hybridized carbons (Fsp3) is 0.125. The van der Waals surface area contributed by atoms with Crippen molar-refractivity contribution in [1.29, 1.82) is 0 Å². The molecule has 0 aromatic heterocycles. The number of carbonyl (C=O) groups excluding carboxylic acids is 1. The lowest BCUT2D eigenvalue weighted by atomic mass is 10.2. The molecule has 70 valence electrons. The van der Waals surface area contributed by atoms with Crippen molar-refractivity contribution in [2.24, 2.45) is 0 Å². The third kappa shape index (κ3) is 1.86. The van der Waals surface area contributed by atoms with Crippen LogP contribution in [0.1, 0.15) is 10.4 Å². The molecule has 0 aliphatic heterocycles. The Morgan fingerprint density at radius 1 is 1.38 bits per heavy atom. The molecule has 5 heteroatoms. The molecule has 1 N–H and O–H groups in total. The highest BCUT2D eigenvalue weighted by molar-refractivity contribution is 7.90. The second kappa shape index (κ2) is 3.18. The number of aromatic hydroxyl groups is 1. The summed E-state index contributed by atoms with van der Waals surface area (Å²) in [4.78, 5) is 10.1. The van der Waals surface area contributed by atoms with Crippen molar-refractivity contribution in [2.75, 3.05) is 6.26 Å². The second-order valence-corrected chi connectivity index (χ2v) is 4.54. The van der Waals surface area contributed by atoms with Crippen molar-refractivity contribution in [3.63, 3.8) is 0 Å². The largest absolute Gasteiger partial charge is 0.507 e. The van der Waals surface area contributed by atoms with Crippen molar-refractivity contribution < 1.29 is 18.3 Å². The van der Waals surface area contributed by atoms with Gasteiger partial charge < -0.3 is 5.11 Å². The van der Waals surface area contributed by atoms with Crippen molar-refractivity contribution in [3.05, 3.63) is 23.8 Å². The van der Waals surface area contributed by atoms with Crippen LogP contribution in [0, 0.1) is 0 Å². The first-order valence-electron chi connectivity index (χ1n) is 3.44. The highest BCUT2D eigenvalue weighted by atomic mass is 32.2. The van der Waals surface area contributed by atoms with Gasteiger partial charge in [0.1, 0.15) is 10.6 Å². The summed E-state index contributed by atoms with van der Waals surface area (Å²) in [6.07, 6.45) is 1.34. The summed E-state index contributed by atoms with van der Waals surface area (Å²) in [5.41, 5.74) is -0.0255. The summed E-state index contributed by atoms with van der Waals surface area (Å²) in [5.74, 6) is -0.396. The van der Waals surface area contributed by atoms with Crippen LogP contribution in [0.2, 0.25) is 0 Å². The first kappa shape index (κ1) is 9.73. The highest BCUT2D eigenvalue weighted by Gasteiger charge is 2.17. The van der Waals surface area contributed by atoms with Crippen LogP contribution >= 0.6 is 0 Å². The molecule has 0 heterocycles. The molecule has 0 fully saturated rings. The number of hydrogen-bond donors (Lipinski definition) is 1. The molecule has 1 aromatic carbocycles. The normalized spacial score (nSPS) is 11.2. The number of benzene rings is 1. The average molecular weight is 200 g/mol. The van der Waals surface area contributed by atoms with E-state index in [9.17, 15) is 18.3 Å². The maximum Gasteiger partial charge on any atom is 0.179 e. The molecule has 0 saturated carbocycles. The van der Waals surface area contributed by atoms with Crippen LogP contribution < -0.4 is 0 Å². The predicted octanol–water partition coefficient (Wildman–Crippen LogP) is 0.608. The van der Waals surface area contributed by atoms with Crippen LogP contribution in [0.5, 0.6) is 5.75 Å². The number of carbonyl (C=O) groups is 1. The quantitative estimate of drug-likeness (QED) is 0.710. The van der Waals surface area contributed by atoms with Gasteiger partial charge >= 0.3 is 0 Å². The number of rotatable bonds is 2. The van der Waals surface area contributed by atoms with Gasteiger partial charge in [-0.15, -0.1) is 0 Å². The van der Waals surface area contributed by atoms with Gasteiger partial charge in [0.25, 0.3) is 0 Å². The molecule has 0 aliphatic carbocycles. The molecule has 1 rings (SSSR count). The Labute approximate surface area is 75.7 Å². The smallest absolute Gasteiger partial charge is 0.179 e. The minimum absolute atomic E-state index is 0.0255. The average Bonchev–Trinajstić information content (AvgIpc) is 2.01. The van der Waals surface area contributed by atoms with Gasteiger partial charge in [-0.3, -0.25) is 4.79 Å². The minimum Gasteiger partial charge on any atom is -0.507 e. The van der Waals surface area contributed by atoms with E-state index in [1.807, 2.05) is 0 Å². The lowest BCUT2D eigenvalue weighted by molar-refractivity contribution is 0.112. The number of aldehydes is 1. The van der Waals surface area contributed by atoms with Gasteiger partial charge in [0.05, 0.1) is 0 Å². The second-order valence-electron chi connectivity index (χ2n) is 2.59. The molecule has 0 unspecified atom stereocenters. The van der Waals surface area contributed by atoms with Crippen molar-refractivity contribution in [3.8, 4) is 5.75 Å². The first-order valence-corrected chi connectivity index (χ1v) is 5.33. The number of hydrogen-bond acceptors (Lipinski definition) is 4.